The molecule has 0 radical (unpaired) electrons. The van der Waals surface area contributed by atoms with Gasteiger partial charge in [-0.3, -0.25) is 24.2 Å². The maximum Gasteiger partial charge on any atom is 0.315 e. The molecule has 17 heteroatoms. The van der Waals surface area contributed by atoms with Crippen molar-refractivity contribution >= 4 is 40.0 Å². The second kappa shape index (κ2) is 23.5. The largest absolute Gasteiger partial charge is 0.507 e. The summed E-state index contributed by atoms with van der Waals surface area (Å²) in [6.07, 6.45) is 12.1. The van der Waals surface area contributed by atoms with Crippen molar-refractivity contribution in [2.75, 3.05) is 38.0 Å². The number of carbonyl (C=O) groups excluding carboxylic acids is 4. The monoisotopic (exact) mass is 1070 g/mol. The number of benzene rings is 2. The Hall–Kier alpha value is -5.36. The molecule has 1 aliphatic carbocycles. The van der Waals surface area contributed by atoms with Gasteiger partial charge in [-0.05, 0) is 88.5 Å². The Balaban J connectivity index is 1.12. The van der Waals surface area contributed by atoms with E-state index in [4.69, 9.17) is 23.9 Å². The van der Waals surface area contributed by atoms with Gasteiger partial charge >= 0.3 is 11.8 Å². The van der Waals surface area contributed by atoms with E-state index in [1.165, 1.54) is 13.2 Å². The number of ketones is 1. The summed E-state index contributed by atoms with van der Waals surface area (Å²) >= 11 is 0. The van der Waals surface area contributed by atoms with Crippen LogP contribution in [0.3, 0.4) is 0 Å². The van der Waals surface area contributed by atoms with E-state index in [9.17, 15) is 34.8 Å². The smallest absolute Gasteiger partial charge is 0.315 e. The highest BCUT2D eigenvalue weighted by Crippen LogP contribution is 2.51. The summed E-state index contributed by atoms with van der Waals surface area (Å²) in [7, 11) is 0. The van der Waals surface area contributed by atoms with E-state index in [1.807, 2.05) is 13.8 Å². The number of aliphatic hydroxyl groups is 2. The topological polar surface area (TPSA) is 229 Å². The molecular weight excluding hydrogens is 983 g/mol. The maximum absolute atomic E-state index is 15.0. The number of amides is 2. The van der Waals surface area contributed by atoms with Gasteiger partial charge < -0.3 is 54.5 Å². The number of aromatic hydroxyl groups is 2. The molecule has 2 saturated heterocycles. The van der Waals surface area contributed by atoms with E-state index in [0.29, 0.717) is 69.9 Å². The number of nitrogens with zero attached hydrogens (tertiary/aromatic N) is 4. The number of hydrogen-bond acceptors (Lipinski definition) is 15. The number of allylic oxidation sites excluding steroid dienone is 3. The predicted molar refractivity (Wildman–Crippen MR) is 292 cm³/mol. The highest BCUT2D eigenvalue weighted by molar-refractivity contribution is 6.21. The third-order valence-electron chi connectivity index (χ3n) is 17.7. The Kier molecular flexibility index (Phi) is 17.7. The summed E-state index contributed by atoms with van der Waals surface area (Å²) in [5.74, 6) is -6.83. The SMILES string of the molecule is CC[C@H]1/C=C/O[C@@]2(C)Oc3c(C)c(O)c4c(O)c(c5c(c4c3C2=O)NC2(CCN(CC(C)C)CC2)N=5)=NC(=O)/C(C)=C\C=C\[C@H](C)[C@H](O)[C@@H](C)[C@@H](O)[C@@H](C)[C@H](OC(=O)CC(=O)N2CCC(OC3CCC(C)CC3)CC2)[C@@H]1C. The first kappa shape index (κ1) is 57.8. The van der Waals surface area contributed by atoms with Gasteiger partial charge in [0.05, 0.1) is 47.3 Å². The van der Waals surface area contributed by atoms with Crippen LogP contribution in [0.15, 0.2) is 46.1 Å². The van der Waals surface area contributed by atoms with Crippen LogP contribution in [-0.2, 0) is 28.6 Å². The van der Waals surface area contributed by atoms with Gasteiger partial charge in [0.15, 0.2) is 5.75 Å². The number of rotatable bonds is 8. The van der Waals surface area contributed by atoms with Crippen LogP contribution in [-0.4, -0.2) is 128 Å². The molecule has 5 bridgehead atoms. The van der Waals surface area contributed by atoms with Crippen molar-refractivity contribution in [1.82, 2.24) is 9.80 Å². The number of phenolic OH excluding ortho intramolecular Hbond substituents is 2. The van der Waals surface area contributed by atoms with Crippen LogP contribution >= 0.6 is 0 Å². The zero-order valence-corrected chi connectivity index (χ0v) is 47.3. The number of likely N-dealkylation sites (tertiary alicyclic amines) is 2. The van der Waals surface area contributed by atoms with Crippen LogP contribution in [0.2, 0.25) is 0 Å². The summed E-state index contributed by atoms with van der Waals surface area (Å²) in [6.45, 7) is 23.7. The van der Waals surface area contributed by atoms with Gasteiger partial charge in [-0.25, -0.2) is 4.99 Å². The summed E-state index contributed by atoms with van der Waals surface area (Å²) in [6, 6.07) is 0. The number of esters is 1. The molecule has 6 heterocycles. The fourth-order valence-corrected chi connectivity index (χ4v) is 12.6. The third-order valence-corrected chi connectivity index (χ3v) is 17.7. The van der Waals surface area contributed by atoms with Crippen LogP contribution < -0.4 is 20.8 Å². The normalized spacial score (nSPS) is 32.9. The van der Waals surface area contributed by atoms with Crippen LogP contribution in [0, 0.1) is 48.3 Å². The highest BCUT2D eigenvalue weighted by atomic mass is 16.7. The Labute approximate surface area is 453 Å². The van der Waals surface area contributed by atoms with E-state index in [2.05, 4.69) is 36.0 Å². The summed E-state index contributed by atoms with van der Waals surface area (Å²) in [5.41, 5.74) is -0.126. The molecule has 2 aromatic carbocycles. The number of phenols is 2. The van der Waals surface area contributed by atoms with Crippen LogP contribution in [0.4, 0.5) is 5.69 Å². The molecule has 5 N–H and O–H groups in total. The first-order valence-electron chi connectivity index (χ1n) is 28.5. The molecule has 422 valence electrons. The molecular formula is C60H85N5O12. The van der Waals surface area contributed by atoms with Crippen LogP contribution in [0.1, 0.15) is 149 Å². The quantitative estimate of drug-likeness (QED) is 0.0969. The minimum Gasteiger partial charge on any atom is -0.507 e. The van der Waals surface area contributed by atoms with Crippen molar-refractivity contribution in [3.63, 3.8) is 0 Å². The molecule has 9 atom stereocenters. The number of fused-ring (bicyclic) bond motifs is 13. The molecule has 1 saturated carbocycles. The van der Waals surface area contributed by atoms with E-state index in [0.717, 1.165) is 38.1 Å². The van der Waals surface area contributed by atoms with E-state index in [1.54, 1.807) is 63.8 Å². The van der Waals surface area contributed by atoms with Gasteiger partial charge in [-0.15, -0.1) is 0 Å². The van der Waals surface area contributed by atoms with Gasteiger partial charge in [0.1, 0.15) is 40.4 Å². The van der Waals surface area contributed by atoms with Crippen molar-refractivity contribution in [2.24, 2.45) is 51.4 Å². The van der Waals surface area contributed by atoms with Gasteiger partial charge in [-0.1, -0.05) is 73.6 Å². The first-order chi connectivity index (χ1) is 36.5. The molecule has 7 aliphatic rings. The molecule has 77 heavy (non-hydrogen) atoms. The molecule has 2 amide bonds. The molecule has 0 unspecified atom stereocenters. The predicted octanol–water partition coefficient (Wildman–Crippen LogP) is 7.72. The Morgan fingerprint density at radius 1 is 0.857 bits per heavy atom. The van der Waals surface area contributed by atoms with Crippen LogP contribution in [0.25, 0.3) is 10.8 Å². The third kappa shape index (κ3) is 12.0. The number of ether oxygens (including phenoxy) is 4. The molecule has 2 aromatic rings. The molecule has 6 aliphatic heterocycles. The number of piperidine rings is 2. The van der Waals surface area contributed by atoms with E-state index < -0.39 is 83.3 Å². The lowest BCUT2D eigenvalue weighted by atomic mass is 9.76. The second-order valence-electron chi connectivity index (χ2n) is 24.0. The van der Waals surface area contributed by atoms with Gasteiger partial charge in [0, 0.05) is 86.8 Å². The van der Waals surface area contributed by atoms with Crippen molar-refractivity contribution in [1.29, 1.82) is 0 Å². The van der Waals surface area contributed by atoms with Crippen LogP contribution in [0.5, 0.6) is 17.2 Å². The number of anilines is 1. The zero-order valence-electron chi connectivity index (χ0n) is 47.3. The van der Waals surface area contributed by atoms with Crippen molar-refractivity contribution < 1.29 is 58.6 Å². The molecule has 0 aromatic heterocycles. The van der Waals surface area contributed by atoms with Crippen molar-refractivity contribution in [3.8, 4) is 17.2 Å². The summed E-state index contributed by atoms with van der Waals surface area (Å²) < 4.78 is 25.4. The summed E-state index contributed by atoms with van der Waals surface area (Å²) in [5, 5.41) is 51.7. The standard InChI is InChI=1S/C60H85N5O12/c1-12-40-22-29-74-59(11)57(72)47-45-46(53(70)39(10)56(47)77-59)54(71)50(49-48(45)62-60(63-49)23-27-64(28-24-60)31-32(2)3)61-58(73)35(6)15-13-14-34(5)51(68)37(8)52(69)38(9)55(36(40)7)76-44(67)30-43(66)65-25-20-42(21-26-65)75-41-18-16-33(4)17-19-41/h13-15,22,29,32-34,36-38,40-42,51-52,55,62,68-71H,12,16-21,23-28,30-31H2,1-11H3/b14-13+,29-22+,35-15-,61-50?/t33?,34-,36+,37+,38+,40-,41?,51-,52+,55+,59-/m0/s1. The van der Waals surface area contributed by atoms with Crippen molar-refractivity contribution in [3.05, 3.63) is 58.0 Å². The lowest BCUT2D eigenvalue weighted by Crippen LogP contribution is -2.47. The lowest BCUT2D eigenvalue weighted by Gasteiger charge is -2.38. The Bertz CT molecular complexity index is 2780. The molecule has 3 fully saturated rings. The first-order valence-corrected chi connectivity index (χ1v) is 28.5. The highest BCUT2D eigenvalue weighted by Gasteiger charge is 2.51. The fraction of sp³-hybridized carbons (Fsp3) is 0.667. The van der Waals surface area contributed by atoms with Gasteiger partial charge in [0.25, 0.3) is 11.7 Å². The summed E-state index contributed by atoms with van der Waals surface area (Å²) in [4.78, 5) is 70.5. The van der Waals surface area contributed by atoms with Crippen molar-refractivity contribution in [2.45, 2.75) is 182 Å². The number of hydrogen-bond donors (Lipinski definition) is 5. The number of aliphatic hydroxyl groups excluding tert-OH is 2. The number of carbonyl (C=O) groups is 4. The fourth-order valence-electron chi connectivity index (χ4n) is 12.6. The maximum atomic E-state index is 15.0. The number of Topliss-reactive ketones (excluding diaryl/α,β-unsaturated/α-hetero) is 1. The van der Waals surface area contributed by atoms with E-state index in [-0.39, 0.29) is 73.7 Å². The van der Waals surface area contributed by atoms with Gasteiger partial charge in [0.2, 0.25) is 5.91 Å². The second-order valence-corrected chi connectivity index (χ2v) is 24.0. The minimum atomic E-state index is -1.96. The zero-order chi connectivity index (χ0) is 55.8. The molecule has 17 nitrogen and oxygen atoms in total. The Morgan fingerprint density at radius 3 is 2.17 bits per heavy atom. The average molecular weight is 1070 g/mol. The Morgan fingerprint density at radius 2 is 1.52 bits per heavy atom. The number of nitrogens with one attached hydrogen (secondary N) is 1. The average Bonchev–Trinajstić information content (AvgIpc) is 4.05. The minimum absolute atomic E-state index is 0.0605. The van der Waals surface area contributed by atoms with E-state index >= 15 is 4.79 Å². The van der Waals surface area contributed by atoms with Gasteiger partial charge in [-0.2, -0.15) is 0 Å². The molecule has 1 spiro atoms. The molecule has 9 rings (SSSR count). The lowest BCUT2D eigenvalue weighted by molar-refractivity contribution is -0.164.